The first-order valence-corrected chi connectivity index (χ1v) is 9.58. The van der Waals surface area contributed by atoms with Crippen molar-refractivity contribution in [3.63, 3.8) is 0 Å². The Hall–Kier alpha value is -1.49. The number of anilines is 2. The lowest BCUT2D eigenvalue weighted by Gasteiger charge is -2.14. The van der Waals surface area contributed by atoms with E-state index in [4.69, 9.17) is 21.5 Å². The summed E-state index contributed by atoms with van der Waals surface area (Å²) in [6, 6.07) is 6.65. The molecule has 2 unspecified atom stereocenters. The van der Waals surface area contributed by atoms with Gasteiger partial charge >= 0.3 is 0 Å². The number of benzene rings is 2. The third-order valence-electron chi connectivity index (χ3n) is 4.27. The molecule has 5 nitrogen and oxygen atoms in total. The van der Waals surface area contributed by atoms with Crippen molar-refractivity contribution < 1.29 is 23.5 Å². The van der Waals surface area contributed by atoms with E-state index in [0.717, 1.165) is 18.6 Å². The average molecular weight is 509 g/mol. The van der Waals surface area contributed by atoms with Gasteiger partial charge in [-0.25, -0.2) is 14.3 Å². The molecule has 2 atom stereocenters. The minimum absolute atomic E-state index is 0.00820. The SMILES string of the molecule is O=C(NOCC1CC1CO)c1cc(Cl)c(F)cc1Nc1ccc(I)cc1F. The number of halogens is 4. The number of hydroxylamine groups is 1. The Morgan fingerprint density at radius 2 is 2.00 bits per heavy atom. The maximum absolute atomic E-state index is 14.1. The zero-order chi connectivity index (χ0) is 19.6. The van der Waals surface area contributed by atoms with Crippen molar-refractivity contribution in [2.75, 3.05) is 18.5 Å². The Bertz CT molecular complexity index is 869. The molecule has 0 aromatic heterocycles. The van der Waals surface area contributed by atoms with Crippen LogP contribution in [0.15, 0.2) is 30.3 Å². The summed E-state index contributed by atoms with van der Waals surface area (Å²) in [5.41, 5.74) is 2.43. The van der Waals surface area contributed by atoms with E-state index in [-0.39, 0.29) is 47.0 Å². The monoisotopic (exact) mass is 508 g/mol. The highest BCUT2D eigenvalue weighted by Crippen LogP contribution is 2.37. The van der Waals surface area contributed by atoms with Gasteiger partial charge in [-0.05, 0) is 71.2 Å². The van der Waals surface area contributed by atoms with Crippen LogP contribution in [0.2, 0.25) is 5.02 Å². The molecule has 2 aromatic carbocycles. The smallest absolute Gasteiger partial charge is 0.277 e. The third-order valence-corrected chi connectivity index (χ3v) is 5.23. The van der Waals surface area contributed by atoms with Gasteiger partial charge in [0.1, 0.15) is 11.6 Å². The standard InChI is InChI=1S/C18H16ClF2IN2O3/c19-13-5-12(18(26)24-27-8-10-3-9(10)7-25)17(6-14(13)20)23-16-2-1-11(22)4-15(16)21/h1-2,4-6,9-10,23,25H,3,7-8H2,(H,24,26). The fourth-order valence-corrected chi connectivity index (χ4v) is 3.20. The number of aliphatic hydroxyl groups excluding tert-OH is 1. The molecule has 144 valence electrons. The molecule has 0 saturated heterocycles. The molecule has 3 N–H and O–H groups in total. The number of hydrogen-bond acceptors (Lipinski definition) is 4. The van der Waals surface area contributed by atoms with Crippen LogP contribution in [0, 0.1) is 27.0 Å². The largest absolute Gasteiger partial charge is 0.396 e. The van der Waals surface area contributed by atoms with Gasteiger partial charge in [0.15, 0.2) is 0 Å². The van der Waals surface area contributed by atoms with E-state index >= 15 is 0 Å². The highest BCUT2D eigenvalue weighted by molar-refractivity contribution is 14.1. The number of amides is 1. The van der Waals surface area contributed by atoms with Crippen LogP contribution in [0.3, 0.4) is 0 Å². The molecule has 9 heteroatoms. The molecule has 3 rings (SSSR count). The zero-order valence-electron chi connectivity index (χ0n) is 13.9. The van der Waals surface area contributed by atoms with Crippen LogP contribution < -0.4 is 10.8 Å². The van der Waals surface area contributed by atoms with Gasteiger partial charge in [-0.15, -0.1) is 0 Å². The van der Waals surface area contributed by atoms with E-state index in [0.29, 0.717) is 3.57 Å². The van der Waals surface area contributed by atoms with Crippen molar-refractivity contribution in [2.24, 2.45) is 11.8 Å². The van der Waals surface area contributed by atoms with E-state index < -0.39 is 17.5 Å². The summed E-state index contributed by atoms with van der Waals surface area (Å²) in [6.45, 7) is 0.353. The molecule has 1 amide bonds. The van der Waals surface area contributed by atoms with Gasteiger partial charge in [0, 0.05) is 10.2 Å². The summed E-state index contributed by atoms with van der Waals surface area (Å²) in [6.07, 6.45) is 0.841. The second kappa shape index (κ2) is 8.68. The summed E-state index contributed by atoms with van der Waals surface area (Å²) in [5, 5.41) is 11.5. The Labute approximate surface area is 173 Å². The van der Waals surface area contributed by atoms with Crippen LogP contribution in [0.5, 0.6) is 0 Å². The summed E-state index contributed by atoms with van der Waals surface area (Å²) >= 11 is 7.76. The first kappa shape index (κ1) is 20.2. The molecule has 0 bridgehead atoms. The van der Waals surface area contributed by atoms with Crippen molar-refractivity contribution in [2.45, 2.75) is 6.42 Å². The van der Waals surface area contributed by atoms with Crippen LogP contribution in [-0.2, 0) is 4.84 Å². The second-order valence-electron chi connectivity index (χ2n) is 6.24. The van der Waals surface area contributed by atoms with Crippen molar-refractivity contribution in [3.8, 4) is 0 Å². The van der Waals surface area contributed by atoms with Gasteiger partial charge in [0.2, 0.25) is 0 Å². The van der Waals surface area contributed by atoms with Gasteiger partial charge in [-0.1, -0.05) is 11.6 Å². The Morgan fingerprint density at radius 1 is 1.22 bits per heavy atom. The van der Waals surface area contributed by atoms with E-state index in [1.54, 1.807) is 6.07 Å². The fourth-order valence-electron chi connectivity index (χ4n) is 2.58. The first-order chi connectivity index (χ1) is 12.9. The molecule has 0 radical (unpaired) electrons. The highest BCUT2D eigenvalue weighted by atomic mass is 127. The lowest BCUT2D eigenvalue weighted by Crippen LogP contribution is -2.26. The van der Waals surface area contributed by atoms with Gasteiger partial charge in [-0.2, -0.15) is 0 Å². The second-order valence-corrected chi connectivity index (χ2v) is 7.89. The summed E-state index contributed by atoms with van der Waals surface area (Å²) in [7, 11) is 0. The molecule has 27 heavy (non-hydrogen) atoms. The molecule has 1 aliphatic rings. The summed E-state index contributed by atoms with van der Waals surface area (Å²) < 4.78 is 28.7. The predicted octanol–water partition coefficient (Wildman–Crippen LogP) is 4.26. The fraction of sp³-hybridized carbons (Fsp3) is 0.278. The topological polar surface area (TPSA) is 70.6 Å². The molecule has 0 spiro atoms. The highest BCUT2D eigenvalue weighted by Gasteiger charge is 2.36. The molecule has 1 aliphatic carbocycles. The maximum Gasteiger partial charge on any atom is 0.277 e. The van der Waals surface area contributed by atoms with Crippen molar-refractivity contribution in [3.05, 3.63) is 56.1 Å². The molecular weight excluding hydrogens is 493 g/mol. The van der Waals surface area contributed by atoms with Crippen LogP contribution in [0.1, 0.15) is 16.8 Å². The van der Waals surface area contributed by atoms with Crippen molar-refractivity contribution in [1.29, 1.82) is 0 Å². The number of carbonyl (C=O) groups is 1. The Morgan fingerprint density at radius 3 is 2.67 bits per heavy atom. The minimum Gasteiger partial charge on any atom is -0.396 e. The Balaban J connectivity index is 1.75. The van der Waals surface area contributed by atoms with Crippen molar-refractivity contribution in [1.82, 2.24) is 5.48 Å². The molecule has 0 heterocycles. The van der Waals surface area contributed by atoms with Crippen LogP contribution in [-0.4, -0.2) is 24.2 Å². The molecule has 0 aliphatic heterocycles. The van der Waals surface area contributed by atoms with E-state index in [1.165, 1.54) is 12.1 Å². The summed E-state index contributed by atoms with van der Waals surface area (Å²) in [4.78, 5) is 17.6. The molecular formula is C18H16ClF2IN2O3. The number of aliphatic hydroxyl groups is 1. The van der Waals surface area contributed by atoms with Gasteiger partial charge in [-0.3, -0.25) is 9.63 Å². The van der Waals surface area contributed by atoms with Crippen LogP contribution in [0.25, 0.3) is 0 Å². The number of rotatable bonds is 7. The third kappa shape index (κ3) is 5.07. The predicted molar refractivity (Wildman–Crippen MR) is 106 cm³/mol. The number of carbonyl (C=O) groups excluding carboxylic acids is 1. The number of hydrogen-bond donors (Lipinski definition) is 3. The quantitative estimate of drug-likeness (QED) is 0.386. The molecule has 1 fully saturated rings. The average Bonchev–Trinajstić information content (AvgIpc) is 3.38. The van der Waals surface area contributed by atoms with E-state index in [9.17, 15) is 13.6 Å². The zero-order valence-corrected chi connectivity index (χ0v) is 16.9. The normalized spacial score (nSPS) is 18.3. The first-order valence-electron chi connectivity index (χ1n) is 8.13. The van der Waals surface area contributed by atoms with E-state index in [2.05, 4.69) is 10.8 Å². The lowest BCUT2D eigenvalue weighted by atomic mass is 10.1. The number of nitrogens with one attached hydrogen (secondary N) is 2. The van der Waals surface area contributed by atoms with Gasteiger partial charge in [0.25, 0.3) is 5.91 Å². The van der Waals surface area contributed by atoms with Gasteiger partial charge in [0.05, 0.1) is 28.6 Å². The van der Waals surface area contributed by atoms with Crippen LogP contribution >= 0.6 is 34.2 Å². The summed E-state index contributed by atoms with van der Waals surface area (Å²) in [5.74, 6) is -1.53. The molecule has 1 saturated carbocycles. The molecule has 2 aromatic rings. The maximum atomic E-state index is 14.1. The van der Waals surface area contributed by atoms with E-state index in [1.807, 2.05) is 22.6 Å². The van der Waals surface area contributed by atoms with Crippen molar-refractivity contribution >= 4 is 51.5 Å². The minimum atomic E-state index is -0.744. The lowest BCUT2D eigenvalue weighted by molar-refractivity contribution is 0.0248. The Kier molecular flexibility index (Phi) is 6.51. The van der Waals surface area contributed by atoms with Gasteiger partial charge < -0.3 is 10.4 Å². The van der Waals surface area contributed by atoms with Crippen LogP contribution in [0.4, 0.5) is 20.2 Å².